The molecule has 1 heterocycles. The van der Waals surface area contributed by atoms with Gasteiger partial charge in [0.05, 0.1) is 13.0 Å². The van der Waals surface area contributed by atoms with Crippen LogP contribution in [0.4, 0.5) is 0 Å². The summed E-state index contributed by atoms with van der Waals surface area (Å²) >= 11 is 0. The van der Waals surface area contributed by atoms with Crippen LogP contribution in [0, 0.1) is 0 Å². The number of nitrogens with two attached hydrogens (primary N) is 2. The standard InChI is InChI=1S/C21H22N4O2/c22-21(23)24-12-15-4-3-5-16(10-15)13-25-9-8-17-6-1-2-7-19(17)18(14-25)11-20(26)27/h1-10,14H,11-13H2,(H,26,27)(H4,22,23,24). The fourth-order valence-electron chi connectivity index (χ4n) is 3.05. The molecular formula is C21H22N4O2. The van der Waals surface area contributed by atoms with Gasteiger partial charge in [0.1, 0.15) is 0 Å². The van der Waals surface area contributed by atoms with Crippen LogP contribution >= 0.6 is 0 Å². The number of nitrogens with zero attached hydrogens (tertiary/aromatic N) is 2. The van der Waals surface area contributed by atoms with Crippen LogP contribution < -0.4 is 11.5 Å². The lowest BCUT2D eigenvalue weighted by molar-refractivity contribution is -0.135. The molecule has 1 aliphatic rings. The quantitative estimate of drug-likeness (QED) is 0.541. The number of aliphatic carboxylic acids is 1. The van der Waals surface area contributed by atoms with Crippen molar-refractivity contribution in [3.63, 3.8) is 0 Å². The minimum Gasteiger partial charge on any atom is -0.481 e. The number of hydrogen-bond acceptors (Lipinski definition) is 3. The second-order valence-electron chi connectivity index (χ2n) is 6.36. The molecule has 0 fully saturated rings. The average molecular weight is 362 g/mol. The summed E-state index contributed by atoms with van der Waals surface area (Å²) in [5.41, 5.74) is 15.6. The summed E-state index contributed by atoms with van der Waals surface area (Å²) in [5, 5.41) is 9.29. The largest absolute Gasteiger partial charge is 0.481 e. The average Bonchev–Trinajstić information content (AvgIpc) is 2.80. The van der Waals surface area contributed by atoms with Gasteiger partial charge >= 0.3 is 5.97 Å². The molecule has 3 rings (SSSR count). The van der Waals surface area contributed by atoms with Gasteiger partial charge in [-0.15, -0.1) is 0 Å². The molecule has 0 amide bonds. The van der Waals surface area contributed by atoms with Gasteiger partial charge in [-0.1, -0.05) is 48.5 Å². The van der Waals surface area contributed by atoms with Crippen LogP contribution in [0.3, 0.4) is 0 Å². The normalized spacial score (nSPS) is 12.7. The van der Waals surface area contributed by atoms with Crippen LogP contribution in [0.15, 0.2) is 65.9 Å². The van der Waals surface area contributed by atoms with Crippen LogP contribution in [-0.2, 0) is 17.9 Å². The molecule has 2 aromatic rings. The Hall–Kier alpha value is -3.54. The molecule has 0 unspecified atom stereocenters. The topological polar surface area (TPSA) is 105 Å². The fourth-order valence-corrected chi connectivity index (χ4v) is 3.05. The first-order valence-corrected chi connectivity index (χ1v) is 8.60. The number of aliphatic imine (C=N–C) groups is 1. The monoisotopic (exact) mass is 362 g/mol. The SMILES string of the molecule is NC(N)=NCc1cccc(CN2C=Cc3ccccc3C(CC(=O)O)=C2)c1. The highest BCUT2D eigenvalue weighted by molar-refractivity contribution is 5.87. The Morgan fingerprint density at radius 3 is 2.63 bits per heavy atom. The molecule has 0 aliphatic carbocycles. The third-order valence-corrected chi connectivity index (χ3v) is 4.22. The number of fused-ring (bicyclic) bond motifs is 1. The maximum Gasteiger partial charge on any atom is 0.307 e. The van der Waals surface area contributed by atoms with E-state index in [2.05, 4.69) is 4.99 Å². The number of benzene rings is 2. The zero-order chi connectivity index (χ0) is 19.2. The van der Waals surface area contributed by atoms with Crippen molar-refractivity contribution in [2.75, 3.05) is 0 Å². The Labute approximate surface area is 158 Å². The highest BCUT2D eigenvalue weighted by atomic mass is 16.4. The zero-order valence-corrected chi connectivity index (χ0v) is 14.9. The van der Waals surface area contributed by atoms with E-state index in [9.17, 15) is 9.90 Å². The first kappa shape index (κ1) is 18.3. The molecule has 0 saturated carbocycles. The molecule has 27 heavy (non-hydrogen) atoms. The summed E-state index contributed by atoms with van der Waals surface area (Å²) in [6.07, 6.45) is 5.85. The maximum absolute atomic E-state index is 11.3. The highest BCUT2D eigenvalue weighted by Gasteiger charge is 2.14. The van der Waals surface area contributed by atoms with E-state index >= 15 is 0 Å². The van der Waals surface area contributed by atoms with Crippen molar-refractivity contribution in [2.24, 2.45) is 16.5 Å². The molecule has 6 heteroatoms. The number of guanidine groups is 1. The Morgan fingerprint density at radius 2 is 1.85 bits per heavy atom. The van der Waals surface area contributed by atoms with E-state index in [0.29, 0.717) is 13.1 Å². The number of carboxylic acid groups (broad SMARTS) is 1. The molecule has 138 valence electrons. The Kier molecular flexibility index (Phi) is 5.56. The molecule has 5 N–H and O–H groups in total. The van der Waals surface area contributed by atoms with Crippen molar-refractivity contribution in [2.45, 2.75) is 19.5 Å². The van der Waals surface area contributed by atoms with Crippen LogP contribution in [0.2, 0.25) is 0 Å². The van der Waals surface area contributed by atoms with E-state index in [0.717, 1.165) is 27.8 Å². The van der Waals surface area contributed by atoms with Crippen LogP contribution in [0.1, 0.15) is 28.7 Å². The molecule has 0 radical (unpaired) electrons. The maximum atomic E-state index is 11.3. The van der Waals surface area contributed by atoms with Gasteiger partial charge in [0.2, 0.25) is 0 Å². The Bertz CT molecular complexity index is 927. The molecule has 0 saturated heterocycles. The highest BCUT2D eigenvalue weighted by Crippen LogP contribution is 2.27. The Balaban J connectivity index is 1.86. The van der Waals surface area contributed by atoms with Crippen LogP contribution in [0.5, 0.6) is 0 Å². The smallest absolute Gasteiger partial charge is 0.307 e. The van der Waals surface area contributed by atoms with Gasteiger partial charge in [-0.2, -0.15) is 0 Å². The van der Waals surface area contributed by atoms with E-state index in [1.807, 2.05) is 71.9 Å². The summed E-state index contributed by atoms with van der Waals surface area (Å²) in [6.45, 7) is 1.04. The summed E-state index contributed by atoms with van der Waals surface area (Å²) in [7, 11) is 0. The predicted octanol–water partition coefficient (Wildman–Crippen LogP) is 2.76. The van der Waals surface area contributed by atoms with Crippen molar-refractivity contribution in [1.29, 1.82) is 0 Å². The number of carbonyl (C=O) groups is 1. The van der Waals surface area contributed by atoms with E-state index in [-0.39, 0.29) is 12.4 Å². The third-order valence-electron chi connectivity index (χ3n) is 4.22. The lowest BCUT2D eigenvalue weighted by Gasteiger charge is -2.17. The minimum atomic E-state index is -0.850. The van der Waals surface area contributed by atoms with E-state index < -0.39 is 5.97 Å². The second-order valence-corrected chi connectivity index (χ2v) is 6.36. The van der Waals surface area contributed by atoms with Gasteiger partial charge in [0.25, 0.3) is 0 Å². The number of hydrogen-bond donors (Lipinski definition) is 3. The van der Waals surface area contributed by atoms with Gasteiger partial charge in [0, 0.05) is 18.9 Å². The van der Waals surface area contributed by atoms with Gasteiger partial charge in [-0.05, 0) is 33.9 Å². The van der Waals surface area contributed by atoms with E-state index in [1.54, 1.807) is 0 Å². The fraction of sp³-hybridized carbons (Fsp3) is 0.143. The van der Waals surface area contributed by atoms with Gasteiger partial charge < -0.3 is 21.5 Å². The van der Waals surface area contributed by atoms with Crippen molar-refractivity contribution in [3.8, 4) is 0 Å². The lowest BCUT2D eigenvalue weighted by atomic mass is 9.98. The molecule has 0 spiro atoms. The molecule has 6 nitrogen and oxygen atoms in total. The number of carboxylic acids is 1. The van der Waals surface area contributed by atoms with E-state index in [1.165, 1.54) is 0 Å². The number of rotatable bonds is 6. The molecule has 0 bridgehead atoms. The first-order valence-electron chi connectivity index (χ1n) is 8.60. The van der Waals surface area contributed by atoms with Crippen LogP contribution in [0.25, 0.3) is 11.6 Å². The van der Waals surface area contributed by atoms with Crippen molar-refractivity contribution >= 4 is 23.6 Å². The molecule has 0 atom stereocenters. The molecule has 2 aromatic carbocycles. The molecule has 1 aliphatic heterocycles. The zero-order valence-electron chi connectivity index (χ0n) is 14.9. The summed E-state index contributed by atoms with van der Waals surface area (Å²) in [6, 6.07) is 15.8. The van der Waals surface area contributed by atoms with Gasteiger partial charge in [-0.3, -0.25) is 4.79 Å². The third kappa shape index (κ3) is 4.98. The minimum absolute atomic E-state index is 0.0281. The lowest BCUT2D eigenvalue weighted by Crippen LogP contribution is -2.22. The summed E-state index contributed by atoms with van der Waals surface area (Å²) in [4.78, 5) is 17.3. The van der Waals surface area contributed by atoms with Crippen molar-refractivity contribution in [1.82, 2.24) is 4.90 Å². The Morgan fingerprint density at radius 1 is 1.07 bits per heavy atom. The predicted molar refractivity (Wildman–Crippen MR) is 107 cm³/mol. The van der Waals surface area contributed by atoms with Crippen molar-refractivity contribution < 1.29 is 9.90 Å². The van der Waals surface area contributed by atoms with Crippen LogP contribution in [-0.4, -0.2) is 21.9 Å². The summed E-state index contributed by atoms with van der Waals surface area (Å²) < 4.78 is 0. The van der Waals surface area contributed by atoms with Gasteiger partial charge in [-0.25, -0.2) is 4.99 Å². The van der Waals surface area contributed by atoms with Crippen molar-refractivity contribution in [3.05, 3.63) is 83.2 Å². The summed E-state index contributed by atoms with van der Waals surface area (Å²) in [5.74, 6) is -0.785. The first-order chi connectivity index (χ1) is 13.0. The van der Waals surface area contributed by atoms with E-state index in [4.69, 9.17) is 11.5 Å². The second kappa shape index (κ2) is 8.23. The molecular weight excluding hydrogens is 340 g/mol. The molecule has 0 aromatic heterocycles. The van der Waals surface area contributed by atoms with Gasteiger partial charge in [0.15, 0.2) is 5.96 Å².